The van der Waals surface area contributed by atoms with Gasteiger partial charge in [0.25, 0.3) is 0 Å². The Morgan fingerprint density at radius 3 is 2.00 bits per heavy atom. The second-order valence-electron chi connectivity index (χ2n) is 7.32. The van der Waals surface area contributed by atoms with Crippen LogP contribution in [0.4, 0.5) is 5.69 Å². The standard InChI is InChI=1S/C27H18BrNO2/c28-20-11-14-24(30)19(15-20)16-29-23-12-9-17-5-1-3-7-21(17)26(23)27-22-8-4-2-6-18(22)10-13-25(27)31/h1-16,30-31H. The van der Waals surface area contributed by atoms with E-state index < -0.39 is 0 Å². The average molecular weight is 468 g/mol. The van der Waals surface area contributed by atoms with Crippen molar-refractivity contribution in [3.8, 4) is 22.6 Å². The maximum Gasteiger partial charge on any atom is 0.124 e. The van der Waals surface area contributed by atoms with Crippen LogP contribution in [-0.4, -0.2) is 16.4 Å². The molecule has 0 aromatic heterocycles. The summed E-state index contributed by atoms with van der Waals surface area (Å²) < 4.78 is 0.859. The molecule has 5 rings (SSSR count). The summed E-state index contributed by atoms with van der Waals surface area (Å²) in [7, 11) is 0. The summed E-state index contributed by atoms with van der Waals surface area (Å²) in [5, 5.41) is 25.2. The monoisotopic (exact) mass is 467 g/mol. The highest BCUT2D eigenvalue weighted by Gasteiger charge is 2.16. The Morgan fingerprint density at radius 1 is 0.645 bits per heavy atom. The van der Waals surface area contributed by atoms with Gasteiger partial charge in [-0.1, -0.05) is 76.6 Å². The summed E-state index contributed by atoms with van der Waals surface area (Å²) in [6.07, 6.45) is 1.65. The molecule has 0 spiro atoms. The number of aromatic hydroxyl groups is 2. The van der Waals surface area contributed by atoms with E-state index >= 15 is 0 Å². The first-order valence-electron chi connectivity index (χ1n) is 9.87. The molecule has 0 heterocycles. The predicted octanol–water partition coefficient (Wildman–Crippen LogP) is 7.58. The van der Waals surface area contributed by atoms with Gasteiger partial charge in [0.05, 0.1) is 5.69 Å². The molecule has 3 nitrogen and oxygen atoms in total. The largest absolute Gasteiger partial charge is 0.507 e. The van der Waals surface area contributed by atoms with Crippen LogP contribution in [0.1, 0.15) is 5.56 Å². The lowest BCUT2D eigenvalue weighted by Crippen LogP contribution is -1.88. The maximum absolute atomic E-state index is 10.9. The minimum absolute atomic E-state index is 0.155. The number of hydrogen-bond donors (Lipinski definition) is 2. The van der Waals surface area contributed by atoms with E-state index in [0.29, 0.717) is 11.3 Å². The van der Waals surface area contributed by atoms with Crippen LogP contribution in [0.25, 0.3) is 32.7 Å². The van der Waals surface area contributed by atoms with Crippen molar-refractivity contribution in [1.29, 1.82) is 0 Å². The molecule has 0 aliphatic heterocycles. The van der Waals surface area contributed by atoms with E-state index in [4.69, 9.17) is 4.99 Å². The van der Waals surface area contributed by atoms with Crippen molar-refractivity contribution in [3.05, 3.63) is 101 Å². The Morgan fingerprint density at radius 2 is 1.26 bits per heavy atom. The third kappa shape index (κ3) is 3.56. The Kier molecular flexibility index (Phi) is 4.92. The summed E-state index contributed by atoms with van der Waals surface area (Å²) in [5.74, 6) is 0.360. The zero-order valence-electron chi connectivity index (χ0n) is 16.5. The molecule has 0 bridgehead atoms. The van der Waals surface area contributed by atoms with Crippen LogP contribution in [0, 0.1) is 0 Å². The minimum Gasteiger partial charge on any atom is -0.507 e. The van der Waals surface area contributed by atoms with Gasteiger partial charge in [-0.05, 0) is 51.9 Å². The molecule has 0 saturated heterocycles. The van der Waals surface area contributed by atoms with Gasteiger partial charge in [0.1, 0.15) is 11.5 Å². The van der Waals surface area contributed by atoms with Crippen LogP contribution < -0.4 is 0 Å². The van der Waals surface area contributed by atoms with Gasteiger partial charge < -0.3 is 10.2 Å². The number of phenolic OH excluding ortho intramolecular Hbond substituents is 2. The molecule has 0 amide bonds. The molecular formula is C27H18BrNO2. The molecular weight excluding hydrogens is 450 g/mol. The van der Waals surface area contributed by atoms with Crippen LogP contribution in [-0.2, 0) is 0 Å². The van der Waals surface area contributed by atoms with E-state index in [-0.39, 0.29) is 11.5 Å². The fourth-order valence-corrected chi connectivity index (χ4v) is 4.30. The van der Waals surface area contributed by atoms with Gasteiger partial charge in [-0.15, -0.1) is 0 Å². The lowest BCUT2D eigenvalue weighted by molar-refractivity contribution is 0.474. The molecule has 5 aromatic carbocycles. The van der Waals surface area contributed by atoms with Crippen molar-refractivity contribution in [2.75, 3.05) is 0 Å². The van der Waals surface area contributed by atoms with Gasteiger partial charge in [-0.2, -0.15) is 0 Å². The van der Waals surface area contributed by atoms with E-state index in [2.05, 4.69) is 22.0 Å². The molecule has 0 saturated carbocycles. The van der Waals surface area contributed by atoms with E-state index in [1.54, 1.807) is 24.4 Å². The van der Waals surface area contributed by atoms with Gasteiger partial charge >= 0.3 is 0 Å². The predicted molar refractivity (Wildman–Crippen MR) is 132 cm³/mol. The molecule has 5 aromatic rings. The average Bonchev–Trinajstić information content (AvgIpc) is 2.79. The van der Waals surface area contributed by atoms with Crippen molar-refractivity contribution in [2.24, 2.45) is 4.99 Å². The SMILES string of the molecule is Oc1ccc(Br)cc1C=Nc1ccc2ccccc2c1-c1c(O)ccc2ccccc12. The first-order valence-corrected chi connectivity index (χ1v) is 10.7. The molecule has 2 N–H and O–H groups in total. The van der Waals surface area contributed by atoms with Gasteiger partial charge in [-0.25, -0.2) is 0 Å². The second kappa shape index (κ2) is 7.89. The lowest BCUT2D eigenvalue weighted by atomic mass is 9.92. The minimum atomic E-state index is 0.155. The second-order valence-corrected chi connectivity index (χ2v) is 8.24. The number of benzene rings is 5. The van der Waals surface area contributed by atoms with Gasteiger partial charge in [-0.3, -0.25) is 4.99 Å². The molecule has 0 unspecified atom stereocenters. The molecule has 0 radical (unpaired) electrons. The van der Waals surface area contributed by atoms with E-state index in [1.807, 2.05) is 66.7 Å². The van der Waals surface area contributed by atoms with Crippen molar-refractivity contribution in [1.82, 2.24) is 0 Å². The number of rotatable bonds is 3. The van der Waals surface area contributed by atoms with Crippen molar-refractivity contribution < 1.29 is 10.2 Å². The molecule has 31 heavy (non-hydrogen) atoms. The fraction of sp³-hybridized carbons (Fsp3) is 0. The number of fused-ring (bicyclic) bond motifs is 2. The zero-order chi connectivity index (χ0) is 21.4. The molecule has 150 valence electrons. The molecule has 4 heteroatoms. The van der Waals surface area contributed by atoms with Crippen molar-refractivity contribution in [2.45, 2.75) is 0 Å². The van der Waals surface area contributed by atoms with Gasteiger partial charge in [0, 0.05) is 27.4 Å². The Bertz CT molecular complexity index is 1470. The maximum atomic E-state index is 10.9. The number of hydrogen-bond acceptors (Lipinski definition) is 3. The van der Waals surface area contributed by atoms with E-state index in [0.717, 1.165) is 37.1 Å². The van der Waals surface area contributed by atoms with Crippen LogP contribution in [0.5, 0.6) is 11.5 Å². The first-order chi connectivity index (χ1) is 15.1. The Balaban J connectivity index is 1.81. The Hall–Kier alpha value is -3.63. The summed E-state index contributed by atoms with van der Waals surface area (Å²) in [6.45, 7) is 0. The van der Waals surface area contributed by atoms with Gasteiger partial charge in [0.15, 0.2) is 0 Å². The zero-order valence-corrected chi connectivity index (χ0v) is 18.0. The first kappa shape index (κ1) is 19.3. The topological polar surface area (TPSA) is 52.8 Å². The Labute approximate surface area is 188 Å². The summed E-state index contributed by atoms with van der Waals surface area (Å²) in [5.41, 5.74) is 2.93. The van der Waals surface area contributed by atoms with Crippen LogP contribution >= 0.6 is 15.9 Å². The number of aliphatic imine (C=N–C) groups is 1. The van der Waals surface area contributed by atoms with Crippen molar-refractivity contribution in [3.63, 3.8) is 0 Å². The third-order valence-electron chi connectivity index (χ3n) is 5.40. The molecule has 0 aliphatic carbocycles. The van der Waals surface area contributed by atoms with E-state index in [9.17, 15) is 10.2 Å². The summed E-state index contributed by atoms with van der Waals surface area (Å²) in [6, 6.07) is 28.9. The van der Waals surface area contributed by atoms with Crippen LogP contribution in [0.15, 0.2) is 100 Å². The number of phenols is 2. The van der Waals surface area contributed by atoms with E-state index in [1.165, 1.54) is 0 Å². The smallest absolute Gasteiger partial charge is 0.124 e. The molecule has 0 aliphatic rings. The number of halogens is 1. The van der Waals surface area contributed by atoms with Crippen LogP contribution in [0.3, 0.4) is 0 Å². The third-order valence-corrected chi connectivity index (χ3v) is 5.89. The highest BCUT2D eigenvalue weighted by Crippen LogP contribution is 2.45. The van der Waals surface area contributed by atoms with Crippen LogP contribution in [0.2, 0.25) is 0 Å². The van der Waals surface area contributed by atoms with Crippen molar-refractivity contribution >= 4 is 49.4 Å². The van der Waals surface area contributed by atoms with Gasteiger partial charge in [0.2, 0.25) is 0 Å². The highest BCUT2D eigenvalue weighted by atomic mass is 79.9. The normalized spacial score (nSPS) is 11.5. The molecule has 0 fully saturated rings. The summed E-state index contributed by atoms with van der Waals surface area (Å²) >= 11 is 3.44. The fourth-order valence-electron chi connectivity index (χ4n) is 3.92. The quantitative estimate of drug-likeness (QED) is 0.268. The number of nitrogens with zero attached hydrogens (tertiary/aromatic N) is 1. The summed E-state index contributed by atoms with van der Waals surface area (Å²) in [4.78, 5) is 4.74. The highest BCUT2D eigenvalue weighted by molar-refractivity contribution is 9.10. The molecule has 0 atom stereocenters. The lowest BCUT2D eigenvalue weighted by Gasteiger charge is -2.15.